The molecule has 0 radical (unpaired) electrons. The van der Waals surface area contributed by atoms with E-state index in [1.807, 2.05) is 0 Å². The predicted molar refractivity (Wildman–Crippen MR) is 90.0 cm³/mol. The molecule has 134 valence electrons. The normalized spacial score (nSPS) is 26.8. The summed E-state index contributed by atoms with van der Waals surface area (Å²) in [5.74, 6) is -0.834. The van der Waals surface area contributed by atoms with Crippen molar-refractivity contribution in [2.75, 3.05) is 7.05 Å². The molecule has 1 spiro atoms. The zero-order chi connectivity index (χ0) is 17.4. The molecule has 6 nitrogen and oxygen atoms in total. The molecule has 24 heavy (non-hydrogen) atoms. The Hall–Kier alpha value is -0.410. The first-order valence-electron chi connectivity index (χ1n) is 7.76. The summed E-state index contributed by atoms with van der Waals surface area (Å²) in [5.41, 5.74) is 0.583. The number of hydrogen-bond acceptors (Lipinski definition) is 5. The summed E-state index contributed by atoms with van der Waals surface area (Å²) >= 11 is 12.2. The first kappa shape index (κ1) is 18.4. The maximum atomic E-state index is 11.8. The number of hydrogen-bond donors (Lipinski definition) is 1. The predicted octanol–water partition coefficient (Wildman–Crippen LogP) is 3.55. The first-order chi connectivity index (χ1) is 11.3. The van der Waals surface area contributed by atoms with Crippen LogP contribution in [0.2, 0.25) is 10.0 Å². The Morgan fingerprint density at radius 1 is 1.21 bits per heavy atom. The van der Waals surface area contributed by atoms with Crippen LogP contribution in [0.1, 0.15) is 43.8 Å². The molecule has 2 aliphatic rings. The van der Waals surface area contributed by atoms with Crippen LogP contribution < -0.4 is 4.72 Å². The van der Waals surface area contributed by atoms with Crippen LogP contribution in [0.25, 0.3) is 0 Å². The van der Waals surface area contributed by atoms with Crippen molar-refractivity contribution >= 4 is 33.5 Å². The van der Waals surface area contributed by atoms with Crippen LogP contribution in [0.15, 0.2) is 18.2 Å². The zero-order valence-electron chi connectivity index (χ0n) is 13.1. The third-order valence-corrected chi connectivity index (χ3v) is 5.78. The van der Waals surface area contributed by atoms with Crippen LogP contribution in [0.3, 0.4) is 0 Å². The Morgan fingerprint density at radius 3 is 2.54 bits per heavy atom. The van der Waals surface area contributed by atoms with Crippen molar-refractivity contribution in [2.24, 2.45) is 0 Å². The second-order valence-electron chi connectivity index (χ2n) is 5.92. The quantitative estimate of drug-likeness (QED) is 0.843. The summed E-state index contributed by atoms with van der Waals surface area (Å²) in [4.78, 5) is 0. The van der Waals surface area contributed by atoms with Gasteiger partial charge < -0.3 is 9.47 Å². The molecule has 1 heterocycles. The van der Waals surface area contributed by atoms with E-state index in [1.165, 1.54) is 7.05 Å². The molecule has 1 saturated heterocycles. The van der Waals surface area contributed by atoms with E-state index in [-0.39, 0.29) is 0 Å². The molecule has 2 atom stereocenters. The lowest BCUT2D eigenvalue weighted by atomic mass is 9.94. The summed E-state index contributed by atoms with van der Waals surface area (Å²) < 4.78 is 43.0. The topological polar surface area (TPSA) is 73.9 Å². The largest absolute Gasteiger partial charge is 0.338 e. The summed E-state index contributed by atoms with van der Waals surface area (Å²) in [6, 6.07) is 4.95. The molecule has 9 heteroatoms. The van der Waals surface area contributed by atoms with Gasteiger partial charge in [0.25, 0.3) is 0 Å². The lowest BCUT2D eigenvalue weighted by Crippen LogP contribution is -2.35. The minimum Gasteiger partial charge on any atom is -0.336 e. The van der Waals surface area contributed by atoms with Gasteiger partial charge in [0.05, 0.1) is 0 Å². The van der Waals surface area contributed by atoms with E-state index in [9.17, 15) is 8.42 Å². The van der Waals surface area contributed by atoms with Gasteiger partial charge in [0.15, 0.2) is 5.79 Å². The van der Waals surface area contributed by atoms with Crippen molar-refractivity contribution in [2.45, 2.75) is 50.3 Å². The van der Waals surface area contributed by atoms with E-state index >= 15 is 0 Å². The Balaban J connectivity index is 1.93. The SMILES string of the molecule is CNS(=O)(=O)OC1OC2(CCCCC2)OC1c1ccc(Cl)cc1Cl. The Morgan fingerprint density at radius 2 is 1.92 bits per heavy atom. The summed E-state index contributed by atoms with van der Waals surface area (Å²) in [6.45, 7) is 0. The number of nitrogens with one attached hydrogen (secondary N) is 1. The van der Waals surface area contributed by atoms with Crippen molar-refractivity contribution in [3.8, 4) is 0 Å². The van der Waals surface area contributed by atoms with Crippen LogP contribution >= 0.6 is 23.2 Å². The lowest BCUT2D eigenvalue weighted by Gasteiger charge is -2.31. The van der Waals surface area contributed by atoms with E-state index in [1.54, 1.807) is 18.2 Å². The molecule has 1 N–H and O–H groups in total. The van der Waals surface area contributed by atoms with Gasteiger partial charge in [0, 0.05) is 35.5 Å². The molecule has 3 rings (SSSR count). The van der Waals surface area contributed by atoms with Crippen LogP contribution in [-0.4, -0.2) is 27.5 Å². The van der Waals surface area contributed by atoms with Crippen molar-refractivity contribution in [1.82, 2.24) is 4.72 Å². The number of ether oxygens (including phenoxy) is 2. The monoisotopic (exact) mass is 395 g/mol. The fourth-order valence-electron chi connectivity index (χ4n) is 3.10. The van der Waals surface area contributed by atoms with Crippen molar-refractivity contribution in [3.05, 3.63) is 33.8 Å². The molecule has 2 fully saturated rings. The number of halogens is 2. The fraction of sp³-hybridized carbons (Fsp3) is 0.600. The Bertz CT molecular complexity index is 706. The molecule has 0 bridgehead atoms. The smallest absolute Gasteiger partial charge is 0.336 e. The van der Waals surface area contributed by atoms with E-state index in [0.29, 0.717) is 28.5 Å². The minimum absolute atomic E-state index is 0.374. The molecule has 1 aromatic rings. The van der Waals surface area contributed by atoms with Gasteiger partial charge in [-0.1, -0.05) is 35.7 Å². The van der Waals surface area contributed by atoms with Crippen molar-refractivity contribution < 1.29 is 22.1 Å². The average Bonchev–Trinajstić information content (AvgIpc) is 2.85. The molecule has 0 amide bonds. The van der Waals surface area contributed by atoms with Gasteiger partial charge in [-0.3, -0.25) is 0 Å². The highest BCUT2D eigenvalue weighted by molar-refractivity contribution is 7.84. The minimum atomic E-state index is -3.94. The second-order valence-corrected chi connectivity index (χ2v) is 8.27. The summed E-state index contributed by atoms with van der Waals surface area (Å²) in [7, 11) is -2.67. The van der Waals surface area contributed by atoms with Gasteiger partial charge in [0.1, 0.15) is 6.10 Å². The van der Waals surface area contributed by atoms with E-state index in [2.05, 4.69) is 4.72 Å². The van der Waals surface area contributed by atoms with E-state index in [4.69, 9.17) is 36.9 Å². The van der Waals surface area contributed by atoms with Gasteiger partial charge in [-0.25, -0.2) is 4.18 Å². The molecule has 0 aromatic heterocycles. The van der Waals surface area contributed by atoms with Gasteiger partial charge in [-0.2, -0.15) is 13.1 Å². The fourth-order valence-corrected chi connectivity index (χ4v) is 4.10. The van der Waals surface area contributed by atoms with Gasteiger partial charge in [-0.15, -0.1) is 0 Å². The molecule has 1 aromatic carbocycles. The highest BCUT2D eigenvalue weighted by Crippen LogP contribution is 2.48. The third-order valence-electron chi connectivity index (χ3n) is 4.28. The Labute approximate surface area is 151 Å². The van der Waals surface area contributed by atoms with E-state index in [0.717, 1.165) is 19.3 Å². The molecule has 2 unspecified atom stereocenters. The maximum absolute atomic E-state index is 11.8. The highest BCUT2D eigenvalue weighted by Gasteiger charge is 2.51. The van der Waals surface area contributed by atoms with E-state index < -0.39 is 28.5 Å². The molecule has 1 aliphatic carbocycles. The first-order valence-corrected chi connectivity index (χ1v) is 9.93. The zero-order valence-corrected chi connectivity index (χ0v) is 15.5. The standard InChI is InChI=1S/C15H19Cl2NO5S/c1-18-24(19,20)23-14-13(11-6-5-10(16)9-12(11)17)21-15(22-14)7-3-2-4-8-15/h5-6,9,13-14,18H,2-4,7-8H2,1H3. The Kier molecular flexibility index (Phi) is 5.42. The maximum Gasteiger partial charge on any atom is 0.338 e. The average molecular weight is 396 g/mol. The van der Waals surface area contributed by atoms with Crippen molar-refractivity contribution in [1.29, 1.82) is 0 Å². The lowest BCUT2D eigenvalue weighted by molar-refractivity contribution is -0.210. The molecular weight excluding hydrogens is 377 g/mol. The summed E-state index contributed by atoms with van der Waals surface area (Å²) in [5, 5.41) is 0.856. The highest BCUT2D eigenvalue weighted by atomic mass is 35.5. The van der Waals surface area contributed by atoms with Crippen LogP contribution in [0.4, 0.5) is 0 Å². The number of rotatable bonds is 4. The third kappa shape index (κ3) is 3.88. The molecule has 1 saturated carbocycles. The molecule has 1 aliphatic heterocycles. The second kappa shape index (κ2) is 7.07. The van der Waals surface area contributed by atoms with Crippen LogP contribution in [0, 0.1) is 0 Å². The molecular formula is C15H19Cl2NO5S. The van der Waals surface area contributed by atoms with Crippen LogP contribution in [-0.2, 0) is 24.0 Å². The van der Waals surface area contributed by atoms with Crippen molar-refractivity contribution in [3.63, 3.8) is 0 Å². The summed E-state index contributed by atoms with van der Waals surface area (Å²) in [6.07, 6.45) is 2.51. The van der Waals surface area contributed by atoms with Gasteiger partial charge in [-0.05, 0) is 25.0 Å². The van der Waals surface area contributed by atoms with Gasteiger partial charge in [0.2, 0.25) is 6.29 Å². The van der Waals surface area contributed by atoms with Crippen LogP contribution in [0.5, 0.6) is 0 Å². The number of benzene rings is 1. The van der Waals surface area contributed by atoms with Gasteiger partial charge >= 0.3 is 10.3 Å².